The molecule has 0 spiro atoms. The minimum atomic E-state index is -1.29. The largest absolute Gasteiger partial charge is 1.00 e. The summed E-state index contributed by atoms with van der Waals surface area (Å²) in [4.78, 5) is 0. The van der Waals surface area contributed by atoms with Crippen LogP contribution in [0.3, 0.4) is 0 Å². The molecule has 0 bridgehead atoms. The second kappa shape index (κ2) is 12.5. The lowest BCUT2D eigenvalue weighted by molar-refractivity contribution is -0.930. The van der Waals surface area contributed by atoms with Gasteiger partial charge in [0.2, 0.25) is 0 Å². The second-order valence-corrected chi connectivity index (χ2v) is 7.14. The van der Waals surface area contributed by atoms with Gasteiger partial charge in [-0.2, -0.15) is 0 Å². The highest BCUT2D eigenvalue weighted by Crippen LogP contribution is 2.19. The van der Waals surface area contributed by atoms with E-state index in [0.29, 0.717) is 37.8 Å². The standard InChI is InChI=1S/C16H36NO4.ClH/c1-13(2)5-9-17(10-6-14(3)4,11-7-15(18)19)12-8-16(20)21;/h13-16,18-21H,5-12H2,1-4H3;1H/q+1;/p-1. The molecule has 0 fully saturated rings. The number of hydrogen-bond donors (Lipinski definition) is 4. The minimum Gasteiger partial charge on any atom is -1.00 e. The fraction of sp³-hybridized carbons (Fsp3) is 1.00. The van der Waals surface area contributed by atoms with Crippen LogP contribution in [0.5, 0.6) is 0 Å². The molecular formula is C16H36ClNO4. The zero-order valence-corrected chi connectivity index (χ0v) is 15.3. The molecule has 0 unspecified atom stereocenters. The third kappa shape index (κ3) is 12.6. The Morgan fingerprint density at radius 3 is 1.09 bits per heavy atom. The Morgan fingerprint density at radius 1 is 0.591 bits per heavy atom. The van der Waals surface area contributed by atoms with Gasteiger partial charge in [0, 0.05) is 12.8 Å². The molecule has 0 aromatic heterocycles. The topological polar surface area (TPSA) is 80.9 Å². The van der Waals surface area contributed by atoms with E-state index in [4.69, 9.17) is 0 Å². The lowest BCUT2D eigenvalue weighted by atomic mass is 10.0. The molecule has 6 heteroatoms. The second-order valence-electron chi connectivity index (χ2n) is 7.14. The van der Waals surface area contributed by atoms with Crippen molar-refractivity contribution in [2.75, 3.05) is 26.2 Å². The van der Waals surface area contributed by atoms with Gasteiger partial charge in [0.05, 0.1) is 26.2 Å². The predicted octanol–water partition coefficient (Wildman–Crippen LogP) is -1.70. The fourth-order valence-corrected chi connectivity index (χ4v) is 2.51. The Balaban J connectivity index is 0. The molecule has 0 aromatic carbocycles. The van der Waals surface area contributed by atoms with Gasteiger partial charge < -0.3 is 37.3 Å². The molecule has 22 heavy (non-hydrogen) atoms. The van der Waals surface area contributed by atoms with Crippen LogP contribution in [0.1, 0.15) is 53.4 Å². The zero-order chi connectivity index (χ0) is 16.5. The Morgan fingerprint density at radius 2 is 0.864 bits per heavy atom. The number of quaternary nitrogens is 1. The van der Waals surface area contributed by atoms with Crippen molar-refractivity contribution < 1.29 is 37.3 Å². The number of halogens is 1. The van der Waals surface area contributed by atoms with Crippen LogP contribution in [0.2, 0.25) is 0 Å². The summed E-state index contributed by atoms with van der Waals surface area (Å²) in [5, 5.41) is 36.8. The molecule has 5 nitrogen and oxygen atoms in total. The van der Waals surface area contributed by atoms with Crippen molar-refractivity contribution in [3.8, 4) is 0 Å². The summed E-state index contributed by atoms with van der Waals surface area (Å²) >= 11 is 0. The Bertz CT molecular complexity index is 207. The number of hydrogen-bond acceptors (Lipinski definition) is 4. The average Bonchev–Trinajstić information content (AvgIpc) is 2.36. The quantitative estimate of drug-likeness (QED) is 0.252. The maximum atomic E-state index is 9.19. The smallest absolute Gasteiger partial charge is 0.156 e. The third-order valence-corrected chi connectivity index (χ3v) is 4.08. The molecule has 0 aromatic rings. The van der Waals surface area contributed by atoms with Crippen molar-refractivity contribution in [3.05, 3.63) is 0 Å². The summed E-state index contributed by atoms with van der Waals surface area (Å²) in [5.41, 5.74) is 0. The first-order valence-electron chi connectivity index (χ1n) is 8.24. The van der Waals surface area contributed by atoms with Crippen LogP contribution < -0.4 is 12.4 Å². The molecule has 0 aliphatic rings. The summed E-state index contributed by atoms with van der Waals surface area (Å²) in [7, 11) is 0. The lowest BCUT2D eigenvalue weighted by Crippen LogP contribution is -3.00. The molecule has 0 saturated heterocycles. The van der Waals surface area contributed by atoms with E-state index in [2.05, 4.69) is 27.7 Å². The van der Waals surface area contributed by atoms with Crippen molar-refractivity contribution in [1.29, 1.82) is 0 Å². The van der Waals surface area contributed by atoms with Crippen molar-refractivity contribution in [3.63, 3.8) is 0 Å². The van der Waals surface area contributed by atoms with Crippen molar-refractivity contribution in [1.82, 2.24) is 0 Å². The Labute approximate surface area is 142 Å². The minimum absolute atomic E-state index is 0. The Kier molecular flexibility index (Phi) is 13.8. The summed E-state index contributed by atoms with van der Waals surface area (Å²) in [5.74, 6) is 1.17. The monoisotopic (exact) mass is 341 g/mol. The first-order valence-corrected chi connectivity index (χ1v) is 8.24. The van der Waals surface area contributed by atoms with Crippen molar-refractivity contribution in [2.24, 2.45) is 11.8 Å². The van der Waals surface area contributed by atoms with E-state index >= 15 is 0 Å². The van der Waals surface area contributed by atoms with E-state index < -0.39 is 12.6 Å². The predicted molar refractivity (Wildman–Crippen MR) is 84.3 cm³/mol. The molecule has 0 saturated carbocycles. The van der Waals surface area contributed by atoms with E-state index in [1.807, 2.05) is 0 Å². The Hall–Kier alpha value is 0.0900. The van der Waals surface area contributed by atoms with Gasteiger partial charge in [-0.15, -0.1) is 0 Å². The summed E-state index contributed by atoms with van der Waals surface area (Å²) < 4.78 is 0.742. The van der Waals surface area contributed by atoms with Crippen LogP contribution in [0.25, 0.3) is 0 Å². The van der Waals surface area contributed by atoms with Gasteiger partial charge in [0.15, 0.2) is 12.6 Å². The van der Waals surface area contributed by atoms with Crippen LogP contribution in [0, 0.1) is 11.8 Å². The van der Waals surface area contributed by atoms with Gasteiger partial charge in [0.1, 0.15) is 0 Å². The summed E-state index contributed by atoms with van der Waals surface area (Å²) in [6.07, 6.45) is 0.192. The number of aliphatic hydroxyl groups is 4. The maximum absolute atomic E-state index is 9.19. The highest BCUT2D eigenvalue weighted by Gasteiger charge is 2.28. The van der Waals surface area contributed by atoms with E-state index in [9.17, 15) is 20.4 Å². The van der Waals surface area contributed by atoms with Gasteiger partial charge in [0.25, 0.3) is 0 Å². The normalized spacial score (nSPS) is 12.5. The van der Waals surface area contributed by atoms with Crippen LogP contribution in [-0.4, -0.2) is 63.7 Å². The van der Waals surface area contributed by atoms with Crippen LogP contribution in [0.15, 0.2) is 0 Å². The van der Waals surface area contributed by atoms with Gasteiger partial charge in [-0.1, -0.05) is 27.7 Å². The molecule has 4 N–H and O–H groups in total. The summed E-state index contributed by atoms with van der Waals surface area (Å²) in [6, 6.07) is 0. The molecule has 0 atom stereocenters. The van der Waals surface area contributed by atoms with Crippen LogP contribution in [0.4, 0.5) is 0 Å². The van der Waals surface area contributed by atoms with Crippen LogP contribution in [-0.2, 0) is 0 Å². The average molecular weight is 342 g/mol. The molecule has 0 amide bonds. The van der Waals surface area contributed by atoms with Crippen molar-refractivity contribution in [2.45, 2.75) is 66.0 Å². The molecule has 0 rings (SSSR count). The lowest BCUT2D eigenvalue weighted by Gasteiger charge is -2.40. The maximum Gasteiger partial charge on any atom is 0.156 e. The number of rotatable bonds is 12. The number of nitrogens with zero attached hydrogens (tertiary/aromatic N) is 1. The number of aliphatic hydroxyl groups excluding tert-OH is 2. The van der Waals surface area contributed by atoms with Crippen molar-refractivity contribution >= 4 is 0 Å². The molecule has 0 radical (unpaired) electrons. The molecule has 0 aliphatic heterocycles. The first kappa shape index (κ1) is 24.3. The third-order valence-electron chi connectivity index (χ3n) is 4.08. The van der Waals surface area contributed by atoms with Gasteiger partial charge >= 0.3 is 0 Å². The first-order chi connectivity index (χ1) is 9.67. The van der Waals surface area contributed by atoms with E-state index in [1.165, 1.54) is 0 Å². The van der Waals surface area contributed by atoms with Gasteiger partial charge in [-0.25, -0.2) is 0 Å². The highest BCUT2D eigenvalue weighted by atomic mass is 35.5. The molecule has 0 heterocycles. The van der Waals surface area contributed by atoms with E-state index in [-0.39, 0.29) is 12.4 Å². The molecule has 136 valence electrons. The van der Waals surface area contributed by atoms with E-state index in [0.717, 1.165) is 30.4 Å². The van der Waals surface area contributed by atoms with E-state index in [1.54, 1.807) is 0 Å². The van der Waals surface area contributed by atoms with Gasteiger partial charge in [-0.3, -0.25) is 0 Å². The highest BCUT2D eigenvalue weighted by molar-refractivity contribution is 4.55. The summed E-state index contributed by atoms with van der Waals surface area (Å²) in [6.45, 7) is 12.0. The van der Waals surface area contributed by atoms with Gasteiger partial charge in [-0.05, 0) is 24.7 Å². The van der Waals surface area contributed by atoms with Crippen LogP contribution >= 0.6 is 0 Å². The SMILES string of the molecule is CC(C)CC[N+](CCC(C)C)(CCC(O)O)CCC(O)O.[Cl-]. The zero-order valence-electron chi connectivity index (χ0n) is 14.6. The molecular weight excluding hydrogens is 306 g/mol. The molecule has 0 aliphatic carbocycles. The fourth-order valence-electron chi connectivity index (χ4n) is 2.51.